The molecule has 0 aliphatic heterocycles. The van der Waals surface area contributed by atoms with E-state index in [1.807, 2.05) is 0 Å². The van der Waals surface area contributed by atoms with Gasteiger partial charge in [0.15, 0.2) is 0 Å². The summed E-state index contributed by atoms with van der Waals surface area (Å²) in [5, 5.41) is 9.94. The predicted molar refractivity (Wildman–Crippen MR) is 48.3 cm³/mol. The summed E-state index contributed by atoms with van der Waals surface area (Å²) in [6.45, 7) is 13.3. The Morgan fingerprint density at radius 3 is 2.42 bits per heavy atom. The number of aliphatic hydroxyl groups is 1. The number of rotatable bonds is 0. The molecule has 1 aliphatic rings. The molecule has 0 radical (unpaired) electrons. The zero-order valence-corrected chi connectivity index (χ0v) is 8.09. The molecule has 0 aromatic carbocycles. The Hall–Kier alpha value is -0.550. The van der Waals surface area contributed by atoms with Gasteiger partial charge in [0.1, 0.15) is 0 Å². The molecule has 0 saturated heterocycles. The van der Waals surface area contributed by atoms with Gasteiger partial charge in [-0.15, -0.1) is 0 Å². The van der Waals surface area contributed by atoms with Gasteiger partial charge in [-0.3, -0.25) is 4.85 Å². The molecular formula is C10H17NO. The fourth-order valence-corrected chi connectivity index (χ4v) is 2.23. The van der Waals surface area contributed by atoms with E-state index >= 15 is 0 Å². The molecule has 0 aromatic rings. The van der Waals surface area contributed by atoms with Crippen molar-refractivity contribution in [3.8, 4) is 0 Å². The third-order valence-corrected chi connectivity index (χ3v) is 2.83. The highest BCUT2D eigenvalue weighted by Gasteiger charge is 2.52. The van der Waals surface area contributed by atoms with Crippen LogP contribution in [0.3, 0.4) is 0 Å². The van der Waals surface area contributed by atoms with Gasteiger partial charge in [-0.2, -0.15) is 0 Å². The van der Waals surface area contributed by atoms with Gasteiger partial charge in [0.2, 0.25) is 0 Å². The number of nitrogens with zero attached hydrogens (tertiary/aromatic N) is 1. The van der Waals surface area contributed by atoms with Crippen LogP contribution in [0.5, 0.6) is 0 Å². The molecule has 1 saturated carbocycles. The van der Waals surface area contributed by atoms with Gasteiger partial charge < -0.3 is 5.11 Å². The van der Waals surface area contributed by atoms with Gasteiger partial charge in [0.25, 0.3) is 0 Å². The van der Waals surface area contributed by atoms with E-state index in [0.717, 1.165) is 12.8 Å². The molecule has 1 fully saturated rings. The maximum atomic E-state index is 9.94. The van der Waals surface area contributed by atoms with Crippen LogP contribution in [0.2, 0.25) is 0 Å². The summed E-state index contributed by atoms with van der Waals surface area (Å²) in [7, 11) is 0. The van der Waals surface area contributed by atoms with Gasteiger partial charge in [-0.05, 0) is 18.3 Å². The van der Waals surface area contributed by atoms with E-state index in [4.69, 9.17) is 6.57 Å². The van der Waals surface area contributed by atoms with Crippen LogP contribution in [-0.2, 0) is 0 Å². The molecule has 0 amide bonds. The maximum absolute atomic E-state index is 9.94. The third kappa shape index (κ3) is 1.47. The Balaban J connectivity index is 2.86. The van der Waals surface area contributed by atoms with Crippen LogP contribution >= 0.6 is 0 Å². The first-order valence-corrected chi connectivity index (χ1v) is 4.51. The van der Waals surface area contributed by atoms with Crippen molar-refractivity contribution in [2.45, 2.75) is 45.8 Å². The lowest BCUT2D eigenvalue weighted by Gasteiger charge is -2.30. The van der Waals surface area contributed by atoms with Gasteiger partial charge in [-0.25, -0.2) is 6.57 Å². The molecule has 2 atom stereocenters. The Morgan fingerprint density at radius 1 is 1.50 bits per heavy atom. The predicted octanol–water partition coefficient (Wildman–Crippen LogP) is 2.44. The molecule has 2 heteroatoms. The zero-order chi connectivity index (χ0) is 9.41. The van der Waals surface area contributed by atoms with Crippen molar-refractivity contribution in [3.05, 3.63) is 11.4 Å². The number of hydrogen-bond acceptors (Lipinski definition) is 1. The minimum Gasteiger partial charge on any atom is -0.324 e. The van der Waals surface area contributed by atoms with Crippen molar-refractivity contribution >= 4 is 0 Å². The first-order valence-electron chi connectivity index (χ1n) is 4.51. The van der Waals surface area contributed by atoms with E-state index in [-0.39, 0.29) is 11.3 Å². The van der Waals surface area contributed by atoms with Gasteiger partial charge >= 0.3 is 5.72 Å². The highest BCUT2D eigenvalue weighted by atomic mass is 16.3. The molecular weight excluding hydrogens is 150 g/mol. The molecule has 0 unspecified atom stereocenters. The monoisotopic (exact) mass is 167 g/mol. The van der Waals surface area contributed by atoms with Crippen LogP contribution < -0.4 is 0 Å². The van der Waals surface area contributed by atoms with Crippen LogP contribution in [0.4, 0.5) is 0 Å². The van der Waals surface area contributed by atoms with E-state index in [1.165, 1.54) is 0 Å². The topological polar surface area (TPSA) is 24.6 Å². The van der Waals surface area contributed by atoms with Crippen molar-refractivity contribution < 1.29 is 5.11 Å². The highest BCUT2D eigenvalue weighted by molar-refractivity contribution is 5.02. The fourth-order valence-electron chi connectivity index (χ4n) is 2.23. The summed E-state index contributed by atoms with van der Waals surface area (Å²) in [6, 6.07) is 0. The van der Waals surface area contributed by atoms with E-state index in [1.54, 1.807) is 0 Å². The molecule has 1 aliphatic carbocycles. The standard InChI is InChI=1S/C10H17NO/c1-9(2,3)8-6-5-7-10(8,12)11-4/h8,12H,5-7H2,1-3H3/t8-,10-/m0/s1. The molecule has 0 aromatic heterocycles. The molecule has 2 nitrogen and oxygen atoms in total. The second-order valence-corrected chi connectivity index (χ2v) is 4.80. The minimum atomic E-state index is -1.07. The summed E-state index contributed by atoms with van der Waals surface area (Å²) < 4.78 is 0. The quantitative estimate of drug-likeness (QED) is 0.551. The van der Waals surface area contributed by atoms with Crippen molar-refractivity contribution in [2.24, 2.45) is 11.3 Å². The third-order valence-electron chi connectivity index (χ3n) is 2.83. The summed E-state index contributed by atoms with van der Waals surface area (Å²) >= 11 is 0. The van der Waals surface area contributed by atoms with E-state index in [0.29, 0.717) is 6.42 Å². The van der Waals surface area contributed by atoms with Gasteiger partial charge in [0, 0.05) is 0 Å². The minimum absolute atomic E-state index is 0.0514. The second kappa shape index (κ2) is 2.74. The van der Waals surface area contributed by atoms with Crippen molar-refractivity contribution in [1.29, 1.82) is 0 Å². The molecule has 12 heavy (non-hydrogen) atoms. The molecule has 1 N–H and O–H groups in total. The lowest BCUT2D eigenvalue weighted by molar-refractivity contribution is -0.00103. The first-order chi connectivity index (χ1) is 5.40. The smallest absolute Gasteiger partial charge is 0.324 e. The Kier molecular flexibility index (Phi) is 2.18. The van der Waals surface area contributed by atoms with Crippen LogP contribution in [0.1, 0.15) is 40.0 Å². The average molecular weight is 167 g/mol. The van der Waals surface area contributed by atoms with Crippen molar-refractivity contribution in [1.82, 2.24) is 0 Å². The first kappa shape index (κ1) is 9.54. The molecule has 0 heterocycles. The molecule has 0 spiro atoms. The normalized spacial score (nSPS) is 36.4. The second-order valence-electron chi connectivity index (χ2n) is 4.80. The van der Waals surface area contributed by atoms with Gasteiger partial charge in [0.05, 0.1) is 12.3 Å². The SMILES string of the molecule is [C-]#[N+][C@]1(O)CCC[C@H]1C(C)(C)C. The van der Waals surface area contributed by atoms with Crippen LogP contribution in [-0.4, -0.2) is 10.8 Å². The summed E-state index contributed by atoms with van der Waals surface area (Å²) in [5.41, 5.74) is -1.02. The maximum Gasteiger partial charge on any atom is 0.337 e. The highest BCUT2D eigenvalue weighted by Crippen LogP contribution is 2.46. The zero-order valence-electron chi connectivity index (χ0n) is 8.09. The Bertz CT molecular complexity index is 211. The van der Waals surface area contributed by atoms with Crippen LogP contribution in [0.25, 0.3) is 4.85 Å². The molecule has 68 valence electrons. The van der Waals surface area contributed by atoms with Crippen LogP contribution in [0, 0.1) is 17.9 Å². The Labute approximate surface area is 74.4 Å². The van der Waals surface area contributed by atoms with Crippen molar-refractivity contribution in [3.63, 3.8) is 0 Å². The largest absolute Gasteiger partial charge is 0.337 e. The van der Waals surface area contributed by atoms with E-state index in [9.17, 15) is 5.11 Å². The van der Waals surface area contributed by atoms with Crippen LogP contribution in [0.15, 0.2) is 0 Å². The number of hydrogen-bond donors (Lipinski definition) is 1. The van der Waals surface area contributed by atoms with Crippen molar-refractivity contribution in [2.75, 3.05) is 0 Å². The average Bonchev–Trinajstić information content (AvgIpc) is 2.31. The molecule has 1 rings (SSSR count). The van der Waals surface area contributed by atoms with Gasteiger partial charge in [-0.1, -0.05) is 20.8 Å². The summed E-state index contributed by atoms with van der Waals surface area (Å²) in [6.07, 6.45) is 2.63. The van der Waals surface area contributed by atoms with E-state index < -0.39 is 5.72 Å². The fraction of sp³-hybridized carbons (Fsp3) is 0.900. The Morgan fingerprint density at radius 2 is 2.08 bits per heavy atom. The summed E-state index contributed by atoms with van der Waals surface area (Å²) in [5.74, 6) is 0.141. The van der Waals surface area contributed by atoms with E-state index in [2.05, 4.69) is 25.6 Å². The lowest BCUT2D eigenvalue weighted by atomic mass is 9.76. The summed E-state index contributed by atoms with van der Waals surface area (Å²) in [4.78, 5) is 3.37. The lowest BCUT2D eigenvalue weighted by Crippen LogP contribution is -2.37. The molecule has 0 bridgehead atoms.